The number of hydrogen-bond donors (Lipinski definition) is 0. The average Bonchev–Trinajstić information content (AvgIpc) is 3.80. The van der Waals surface area contributed by atoms with E-state index in [0.717, 1.165) is 0 Å². The van der Waals surface area contributed by atoms with E-state index in [-0.39, 0.29) is 10.8 Å². The summed E-state index contributed by atoms with van der Waals surface area (Å²) in [7, 11) is 0. The number of unbranched alkanes of at least 4 members (excludes halogenated alkanes) is 6. The van der Waals surface area contributed by atoms with Gasteiger partial charge in [0.05, 0.1) is 0 Å². The Balaban J connectivity index is 1.55. The molecule has 2 atom stereocenters. The molecule has 6 rings (SSSR count). The SMILES string of the molecule is CCCCCC[Si](CCCCCC)=[Hf]([CH3])([CH3])([CH]1C=Cc2c(-c3ccc(C(C)(C)C)cc3C)cccc21)[CH]1C=Cc2c(-c3ccc(C(C)(C)C)cc3C)cccc21. The van der Waals surface area contributed by atoms with Gasteiger partial charge in [0, 0.05) is 0 Å². The van der Waals surface area contributed by atoms with Crippen LogP contribution in [0.15, 0.2) is 84.9 Å². The third-order valence-corrected chi connectivity index (χ3v) is 70.4. The molecule has 4 aromatic rings. The summed E-state index contributed by atoms with van der Waals surface area (Å²) in [4.78, 5) is 0. The molecule has 0 saturated heterocycles. The van der Waals surface area contributed by atoms with Gasteiger partial charge in [-0.05, 0) is 0 Å². The molecule has 0 heterocycles. The molecule has 2 aliphatic rings. The van der Waals surface area contributed by atoms with E-state index in [1.54, 1.807) is 11.1 Å². The molecule has 0 amide bonds. The van der Waals surface area contributed by atoms with Crippen LogP contribution in [0.3, 0.4) is 0 Å². The van der Waals surface area contributed by atoms with Crippen LogP contribution in [0.2, 0.25) is 21.4 Å². The molecule has 0 saturated carbocycles. The zero-order valence-electron chi connectivity index (χ0n) is 37.5. The fraction of sp³-hybridized carbons (Fsp3) is 0.481. The number of rotatable bonds is 14. The minimum atomic E-state index is -4.07. The summed E-state index contributed by atoms with van der Waals surface area (Å²) in [5, 5.41) is 0. The van der Waals surface area contributed by atoms with E-state index in [2.05, 4.69) is 176 Å². The van der Waals surface area contributed by atoms with E-state index in [1.807, 2.05) is 0 Å². The van der Waals surface area contributed by atoms with Crippen LogP contribution in [0.5, 0.6) is 0 Å². The predicted octanol–water partition coefficient (Wildman–Crippen LogP) is 17.0. The van der Waals surface area contributed by atoms with Gasteiger partial charge < -0.3 is 0 Å². The van der Waals surface area contributed by atoms with Crippen molar-refractivity contribution in [1.82, 2.24) is 0 Å². The van der Waals surface area contributed by atoms with Crippen LogP contribution in [-0.2, 0) is 28.0 Å². The number of hydrogen-bond acceptors (Lipinski definition) is 0. The first-order chi connectivity index (χ1) is 26.5. The number of benzene rings is 4. The summed E-state index contributed by atoms with van der Waals surface area (Å²) in [5.41, 5.74) is 17.1. The van der Waals surface area contributed by atoms with E-state index in [0.29, 0.717) is 7.35 Å². The molecule has 56 heavy (non-hydrogen) atoms. The fourth-order valence-electron chi connectivity index (χ4n) is 10.6. The molecular formula is C54H74HfSi. The van der Waals surface area contributed by atoms with Gasteiger partial charge >= 0.3 is 347 Å². The number of aryl methyl sites for hydroxylation is 2. The Labute approximate surface area is 344 Å². The summed E-state index contributed by atoms with van der Waals surface area (Å²) in [5.74, 6) is 0. The van der Waals surface area contributed by atoms with Gasteiger partial charge in [-0.3, -0.25) is 0 Å². The monoisotopic (exact) mass is 931 g/mol. The molecular weight excluding hydrogens is 855 g/mol. The second-order valence-electron chi connectivity index (χ2n) is 20.7. The van der Waals surface area contributed by atoms with E-state index in [4.69, 9.17) is 0 Å². The van der Waals surface area contributed by atoms with Gasteiger partial charge in [0.1, 0.15) is 0 Å². The van der Waals surface area contributed by atoms with Crippen LogP contribution >= 0.6 is 0 Å². The zero-order chi connectivity index (χ0) is 40.5. The molecule has 298 valence electrons. The van der Waals surface area contributed by atoms with Crippen molar-refractivity contribution >= 4 is 17.6 Å². The van der Waals surface area contributed by atoms with Crippen molar-refractivity contribution in [1.29, 1.82) is 0 Å². The summed E-state index contributed by atoms with van der Waals surface area (Å²) in [6, 6.07) is 32.2. The van der Waals surface area contributed by atoms with E-state index >= 15 is 0 Å². The van der Waals surface area contributed by atoms with Gasteiger partial charge in [-0.2, -0.15) is 0 Å². The molecule has 0 radical (unpaired) electrons. The Morgan fingerprint density at radius 3 is 1.29 bits per heavy atom. The van der Waals surface area contributed by atoms with Crippen molar-refractivity contribution in [2.75, 3.05) is 0 Å². The molecule has 2 unspecified atom stereocenters. The van der Waals surface area contributed by atoms with Crippen LogP contribution in [0.1, 0.15) is 159 Å². The average molecular weight is 930 g/mol. The van der Waals surface area contributed by atoms with Crippen molar-refractivity contribution in [3.05, 3.63) is 129 Å². The van der Waals surface area contributed by atoms with Gasteiger partial charge in [0.25, 0.3) is 0 Å². The molecule has 2 heteroatoms. The number of fused-ring (bicyclic) bond motifs is 2. The van der Waals surface area contributed by atoms with Gasteiger partial charge in [-0.25, -0.2) is 0 Å². The first-order valence-electron chi connectivity index (χ1n) is 22.4. The van der Waals surface area contributed by atoms with E-state index in [9.17, 15) is 0 Å². The second kappa shape index (κ2) is 17.0. The third kappa shape index (κ3) is 8.32. The maximum absolute atomic E-state index is 4.07. The normalized spacial score (nSPS) is 16.7. The minimum absolute atomic E-state index is 0.143. The predicted molar refractivity (Wildman–Crippen MR) is 250 cm³/mol. The molecule has 0 bridgehead atoms. The molecule has 4 aromatic carbocycles. The first-order valence-corrected chi connectivity index (χ1v) is 41.0. The Bertz CT molecular complexity index is 2040. The van der Waals surface area contributed by atoms with Crippen molar-refractivity contribution in [2.24, 2.45) is 0 Å². The molecule has 0 N–H and O–H groups in total. The summed E-state index contributed by atoms with van der Waals surface area (Å²) in [6.07, 6.45) is 21.7. The molecule has 0 fully saturated rings. The first kappa shape index (κ1) is 43.0. The van der Waals surface area contributed by atoms with Crippen molar-refractivity contribution in [3.8, 4) is 22.3 Å². The topological polar surface area (TPSA) is 0 Å². The van der Waals surface area contributed by atoms with E-state index in [1.165, 1.54) is 119 Å². The maximum atomic E-state index is 2.99. The van der Waals surface area contributed by atoms with Gasteiger partial charge in [-0.1, -0.05) is 0 Å². The summed E-state index contributed by atoms with van der Waals surface area (Å²) in [6.45, 7) is 23.4. The molecule has 0 spiro atoms. The number of allylic oxidation sites excluding steroid dienone is 2. The molecule has 0 aliphatic heterocycles. The van der Waals surface area contributed by atoms with Crippen molar-refractivity contribution < 1.29 is 17.1 Å². The van der Waals surface area contributed by atoms with E-state index < -0.39 is 22.6 Å². The van der Waals surface area contributed by atoms with Crippen LogP contribution in [0.25, 0.3) is 34.4 Å². The quantitative estimate of drug-likeness (QED) is 0.0873. The second-order valence-corrected chi connectivity index (χ2v) is 66.6. The van der Waals surface area contributed by atoms with Crippen LogP contribution < -0.4 is 0 Å². The Morgan fingerprint density at radius 1 is 0.518 bits per heavy atom. The third-order valence-electron chi connectivity index (χ3n) is 14.3. The van der Waals surface area contributed by atoms with Crippen LogP contribution in [-0.4, -0.2) is 5.49 Å². The Morgan fingerprint density at radius 2 is 0.929 bits per heavy atom. The fourth-order valence-corrected chi connectivity index (χ4v) is 64.1. The summed E-state index contributed by atoms with van der Waals surface area (Å²) >= 11 is -4.07. The molecule has 0 nitrogen and oxygen atoms in total. The van der Waals surface area contributed by atoms with Crippen molar-refractivity contribution in [2.45, 2.75) is 160 Å². The standard InChI is InChI=1S/2C20H21.C12H26Si.2CH3.Hf/c2*1-14-13-16(20(2,3)4)11-12-17(14)19-10-6-8-15-7-5-9-18(15)19;1-3-5-7-9-11-13-12-10-8-6-4-2;;;/h2*5-13H,1-4H3;3-12H2,1-2H3;2*1H3;. The van der Waals surface area contributed by atoms with Gasteiger partial charge in [0.2, 0.25) is 0 Å². The van der Waals surface area contributed by atoms with Gasteiger partial charge in [0.15, 0.2) is 0 Å². The Kier molecular flexibility index (Phi) is 13.0. The van der Waals surface area contributed by atoms with Gasteiger partial charge in [-0.15, -0.1) is 0 Å². The molecule has 2 aliphatic carbocycles. The Hall–Kier alpha value is -2.55. The van der Waals surface area contributed by atoms with Crippen LogP contribution in [0, 0.1) is 13.8 Å². The van der Waals surface area contributed by atoms with Crippen LogP contribution in [0.4, 0.5) is 0 Å². The molecule has 0 aromatic heterocycles. The summed E-state index contributed by atoms with van der Waals surface area (Å²) < 4.78 is 7.09. The zero-order valence-corrected chi connectivity index (χ0v) is 42.1. The van der Waals surface area contributed by atoms with Crippen molar-refractivity contribution in [3.63, 3.8) is 0 Å².